The van der Waals surface area contributed by atoms with E-state index in [4.69, 9.17) is 9.94 Å². The van der Waals surface area contributed by atoms with Crippen LogP contribution in [0.15, 0.2) is 47.5 Å². The number of halogens is 1. The zero-order valence-corrected chi connectivity index (χ0v) is 15.4. The van der Waals surface area contributed by atoms with Crippen LogP contribution < -0.4 is 10.2 Å². The van der Waals surface area contributed by atoms with E-state index >= 15 is 0 Å². The van der Waals surface area contributed by atoms with Gasteiger partial charge in [0.1, 0.15) is 11.6 Å². The van der Waals surface area contributed by atoms with Gasteiger partial charge in [-0.1, -0.05) is 0 Å². The highest BCUT2D eigenvalue weighted by molar-refractivity contribution is 7.97. The number of rotatable bonds is 9. The second-order valence-corrected chi connectivity index (χ2v) is 6.85. The van der Waals surface area contributed by atoms with Crippen LogP contribution in [0.2, 0.25) is 0 Å². The second-order valence-electron chi connectivity index (χ2n) is 5.68. The van der Waals surface area contributed by atoms with E-state index in [1.807, 2.05) is 29.4 Å². The van der Waals surface area contributed by atoms with Crippen LogP contribution in [0, 0.1) is 5.82 Å². The lowest BCUT2D eigenvalue weighted by atomic mass is 10.3. The Balaban J connectivity index is 1.97. The molecular formula is C17H21FN4O3S. The highest BCUT2D eigenvalue weighted by atomic mass is 32.2. The number of aromatic nitrogens is 1. The summed E-state index contributed by atoms with van der Waals surface area (Å²) in [5, 5.41) is 8.72. The Labute approximate surface area is 155 Å². The topological polar surface area (TPSA) is 77.9 Å². The Kier molecular flexibility index (Phi) is 7.79. The van der Waals surface area contributed by atoms with Gasteiger partial charge < -0.3 is 9.64 Å². The van der Waals surface area contributed by atoms with Crippen LogP contribution in [-0.4, -0.2) is 59.0 Å². The number of nitrogens with zero attached hydrogens (tertiary/aromatic N) is 3. The van der Waals surface area contributed by atoms with E-state index < -0.39 is 5.91 Å². The largest absolute Gasteiger partial charge is 0.439 e. The van der Waals surface area contributed by atoms with Crippen LogP contribution in [0.1, 0.15) is 0 Å². The number of likely N-dealkylation sites (N-methyl/N-ethyl adjacent to an activating group) is 1. The molecule has 140 valence electrons. The number of ether oxygens (including phenoxy) is 1. The van der Waals surface area contributed by atoms with Gasteiger partial charge in [-0.25, -0.2) is 19.2 Å². The smallest absolute Gasteiger partial charge is 0.258 e. The van der Waals surface area contributed by atoms with Crippen LogP contribution in [0.4, 0.5) is 4.39 Å². The number of amides is 1. The maximum absolute atomic E-state index is 12.9. The Morgan fingerprint density at radius 3 is 2.54 bits per heavy atom. The SMILES string of the molecule is CN(C)CCN(CC(=O)NO)Sc1ccc(Oc2ccc(F)cc2)nc1. The first kappa shape index (κ1) is 20.1. The Morgan fingerprint density at radius 2 is 1.96 bits per heavy atom. The van der Waals surface area contributed by atoms with Gasteiger partial charge in [0.05, 0.1) is 6.54 Å². The van der Waals surface area contributed by atoms with Crippen molar-refractivity contribution in [1.82, 2.24) is 19.7 Å². The lowest BCUT2D eigenvalue weighted by molar-refractivity contribution is -0.129. The van der Waals surface area contributed by atoms with E-state index in [1.54, 1.807) is 17.7 Å². The molecule has 0 aliphatic heterocycles. The molecule has 0 unspecified atom stereocenters. The number of benzene rings is 1. The summed E-state index contributed by atoms with van der Waals surface area (Å²) in [7, 11) is 3.89. The fourth-order valence-corrected chi connectivity index (χ4v) is 2.80. The van der Waals surface area contributed by atoms with E-state index in [1.165, 1.54) is 36.2 Å². The van der Waals surface area contributed by atoms with Crippen molar-refractivity contribution in [3.63, 3.8) is 0 Å². The van der Waals surface area contributed by atoms with Gasteiger partial charge in [-0.3, -0.25) is 10.0 Å². The molecule has 0 aliphatic rings. The van der Waals surface area contributed by atoms with Gasteiger partial charge in [0.25, 0.3) is 5.91 Å². The molecule has 0 saturated carbocycles. The molecule has 0 aliphatic carbocycles. The van der Waals surface area contributed by atoms with Crippen molar-refractivity contribution >= 4 is 17.9 Å². The Hall–Kier alpha value is -2.20. The van der Waals surface area contributed by atoms with Crippen LogP contribution >= 0.6 is 11.9 Å². The number of hydrogen-bond acceptors (Lipinski definition) is 7. The van der Waals surface area contributed by atoms with E-state index in [0.717, 1.165) is 11.4 Å². The van der Waals surface area contributed by atoms with E-state index in [-0.39, 0.29) is 12.4 Å². The highest BCUT2D eigenvalue weighted by Crippen LogP contribution is 2.25. The lowest BCUT2D eigenvalue weighted by Gasteiger charge is -2.21. The van der Waals surface area contributed by atoms with E-state index in [9.17, 15) is 9.18 Å². The fourth-order valence-electron chi connectivity index (χ4n) is 1.92. The molecule has 9 heteroatoms. The predicted molar refractivity (Wildman–Crippen MR) is 96.6 cm³/mol. The summed E-state index contributed by atoms with van der Waals surface area (Å²) in [6.07, 6.45) is 1.63. The predicted octanol–water partition coefficient (Wildman–Crippen LogP) is 2.39. The van der Waals surface area contributed by atoms with Crippen molar-refractivity contribution in [2.45, 2.75) is 4.90 Å². The molecular weight excluding hydrogens is 359 g/mol. The Morgan fingerprint density at radius 1 is 1.23 bits per heavy atom. The number of hydrogen-bond donors (Lipinski definition) is 2. The molecule has 26 heavy (non-hydrogen) atoms. The summed E-state index contributed by atoms with van der Waals surface area (Å²) in [4.78, 5) is 18.5. The molecule has 2 aromatic rings. The van der Waals surface area contributed by atoms with Crippen molar-refractivity contribution in [3.8, 4) is 11.6 Å². The quantitative estimate of drug-likeness (QED) is 0.393. The van der Waals surface area contributed by atoms with Gasteiger partial charge in [-0.2, -0.15) is 0 Å². The van der Waals surface area contributed by atoms with Crippen LogP contribution in [-0.2, 0) is 4.79 Å². The van der Waals surface area contributed by atoms with Gasteiger partial charge in [0.15, 0.2) is 0 Å². The standard InChI is InChI=1S/C17H21FN4O3S/c1-21(2)9-10-22(12-16(23)20-24)26-15-7-8-17(19-11-15)25-14-5-3-13(18)4-6-14/h3-8,11,24H,9-10,12H2,1-2H3,(H,20,23). The summed E-state index contributed by atoms with van der Waals surface area (Å²) in [6.45, 7) is 1.42. The zero-order chi connectivity index (χ0) is 18.9. The molecule has 1 aromatic carbocycles. The number of carbonyl (C=O) groups excluding carboxylic acids is 1. The van der Waals surface area contributed by atoms with E-state index in [2.05, 4.69) is 4.98 Å². The monoisotopic (exact) mass is 380 g/mol. The van der Waals surface area contributed by atoms with Crippen molar-refractivity contribution in [2.24, 2.45) is 0 Å². The van der Waals surface area contributed by atoms with Gasteiger partial charge in [-0.05, 0) is 56.4 Å². The molecule has 1 amide bonds. The average Bonchev–Trinajstić information content (AvgIpc) is 2.63. The Bertz CT molecular complexity index is 698. The molecule has 7 nitrogen and oxygen atoms in total. The summed E-state index contributed by atoms with van der Waals surface area (Å²) < 4.78 is 20.3. The number of pyridine rings is 1. The fraction of sp³-hybridized carbons (Fsp3) is 0.294. The lowest BCUT2D eigenvalue weighted by Crippen LogP contribution is -2.35. The maximum atomic E-state index is 12.9. The first-order chi connectivity index (χ1) is 12.5. The summed E-state index contributed by atoms with van der Waals surface area (Å²) in [5.74, 6) is 0.0581. The first-order valence-electron chi connectivity index (χ1n) is 7.86. The number of hydroxylamine groups is 1. The van der Waals surface area contributed by atoms with Crippen LogP contribution in [0.5, 0.6) is 11.6 Å². The van der Waals surface area contributed by atoms with Gasteiger partial charge in [0, 0.05) is 30.2 Å². The third-order valence-corrected chi connectivity index (χ3v) is 4.24. The van der Waals surface area contributed by atoms with Crippen LogP contribution in [0.25, 0.3) is 0 Å². The molecule has 0 saturated heterocycles. The second kappa shape index (κ2) is 10.1. The first-order valence-corrected chi connectivity index (χ1v) is 8.63. The van der Waals surface area contributed by atoms with Gasteiger partial charge in [-0.15, -0.1) is 0 Å². The molecule has 0 radical (unpaired) electrons. The molecule has 1 heterocycles. The maximum Gasteiger partial charge on any atom is 0.258 e. The van der Waals surface area contributed by atoms with E-state index in [0.29, 0.717) is 18.2 Å². The molecule has 0 spiro atoms. The summed E-state index contributed by atoms with van der Waals surface area (Å²) in [6, 6.07) is 9.19. The van der Waals surface area contributed by atoms with Crippen LogP contribution in [0.3, 0.4) is 0 Å². The number of nitrogens with one attached hydrogen (secondary N) is 1. The highest BCUT2D eigenvalue weighted by Gasteiger charge is 2.13. The zero-order valence-electron chi connectivity index (χ0n) is 14.6. The van der Waals surface area contributed by atoms with Crippen molar-refractivity contribution < 1.29 is 19.1 Å². The third-order valence-electron chi connectivity index (χ3n) is 3.22. The van der Waals surface area contributed by atoms with Crippen molar-refractivity contribution in [3.05, 3.63) is 48.4 Å². The normalized spacial score (nSPS) is 11.0. The number of carbonyl (C=O) groups is 1. The molecule has 1 aromatic heterocycles. The van der Waals surface area contributed by atoms with Gasteiger partial charge in [0.2, 0.25) is 5.88 Å². The summed E-state index contributed by atoms with van der Waals surface area (Å²) in [5.41, 5.74) is 1.64. The summed E-state index contributed by atoms with van der Waals surface area (Å²) >= 11 is 1.36. The van der Waals surface area contributed by atoms with Crippen molar-refractivity contribution in [1.29, 1.82) is 0 Å². The molecule has 2 N–H and O–H groups in total. The molecule has 0 bridgehead atoms. The van der Waals surface area contributed by atoms with Crippen molar-refractivity contribution in [2.75, 3.05) is 33.7 Å². The average molecular weight is 380 g/mol. The minimum Gasteiger partial charge on any atom is -0.439 e. The third kappa shape index (κ3) is 6.96. The molecule has 0 fully saturated rings. The minimum atomic E-state index is -0.486. The van der Waals surface area contributed by atoms with Gasteiger partial charge >= 0.3 is 0 Å². The minimum absolute atomic E-state index is 0.0445. The molecule has 0 atom stereocenters. The molecule has 2 rings (SSSR count).